The largest absolute Gasteiger partial charge is 0.329 e. The molecule has 4 heteroatoms. The molecule has 0 amide bonds. The first-order valence-electron chi connectivity index (χ1n) is 5.79. The number of hydrogen-bond acceptors (Lipinski definition) is 3. The maximum Gasteiger partial charge on any atom is 0.0566 e. The first-order valence-corrected chi connectivity index (χ1v) is 7.47. The van der Waals surface area contributed by atoms with Gasteiger partial charge in [-0.1, -0.05) is 6.92 Å². The lowest BCUT2D eigenvalue weighted by Gasteiger charge is -2.33. The molecule has 2 nitrogen and oxygen atoms in total. The van der Waals surface area contributed by atoms with Crippen LogP contribution in [0, 0.1) is 0 Å². The molecule has 16 heavy (non-hydrogen) atoms. The van der Waals surface area contributed by atoms with Crippen molar-refractivity contribution in [1.82, 2.24) is 4.90 Å². The maximum absolute atomic E-state index is 5.93. The summed E-state index contributed by atoms with van der Waals surface area (Å²) in [4.78, 5) is 3.84. The number of hydrogen-bond donors (Lipinski definition) is 1. The molecular formula is C12H21BrN2S. The van der Waals surface area contributed by atoms with Crippen LogP contribution in [0.25, 0.3) is 0 Å². The van der Waals surface area contributed by atoms with Crippen LogP contribution in [0.1, 0.15) is 38.1 Å². The van der Waals surface area contributed by atoms with Crippen molar-refractivity contribution in [2.24, 2.45) is 5.73 Å². The van der Waals surface area contributed by atoms with Gasteiger partial charge in [-0.05, 0) is 48.8 Å². The van der Waals surface area contributed by atoms with Gasteiger partial charge in [0.2, 0.25) is 0 Å². The van der Waals surface area contributed by atoms with Crippen LogP contribution in [-0.2, 0) is 0 Å². The molecule has 0 aliphatic heterocycles. The van der Waals surface area contributed by atoms with Gasteiger partial charge in [-0.2, -0.15) is 0 Å². The molecule has 0 saturated heterocycles. The maximum atomic E-state index is 5.93. The average Bonchev–Trinajstić information content (AvgIpc) is 2.64. The Morgan fingerprint density at radius 2 is 2.19 bits per heavy atom. The Bertz CT molecular complexity index is 312. The lowest BCUT2D eigenvalue weighted by molar-refractivity contribution is 0.159. The molecule has 0 spiro atoms. The molecule has 0 aliphatic carbocycles. The number of nitrogens with zero attached hydrogens (tertiary/aromatic N) is 1. The second-order valence-corrected chi connectivity index (χ2v) is 6.11. The number of rotatable bonds is 6. The summed E-state index contributed by atoms with van der Waals surface area (Å²) in [5.74, 6) is 0. The zero-order chi connectivity index (χ0) is 12.1. The quantitative estimate of drug-likeness (QED) is 0.869. The van der Waals surface area contributed by atoms with Gasteiger partial charge in [-0.3, -0.25) is 4.90 Å². The molecule has 0 aromatic carbocycles. The minimum atomic E-state index is 0.358. The molecule has 1 aromatic rings. The van der Waals surface area contributed by atoms with Gasteiger partial charge in [0.25, 0.3) is 0 Å². The fourth-order valence-corrected chi connectivity index (χ4v) is 3.53. The Morgan fingerprint density at radius 3 is 2.56 bits per heavy atom. The fourth-order valence-electron chi connectivity index (χ4n) is 1.95. The van der Waals surface area contributed by atoms with Crippen molar-refractivity contribution in [2.75, 3.05) is 13.1 Å². The SMILES string of the molecule is CCCN(C(C)C)C(CN)c1cc(Br)cs1. The molecule has 92 valence electrons. The summed E-state index contributed by atoms with van der Waals surface area (Å²) in [5, 5.41) is 2.13. The first-order chi connectivity index (χ1) is 7.60. The highest BCUT2D eigenvalue weighted by Crippen LogP contribution is 2.30. The Hall–Kier alpha value is 0.1000. The van der Waals surface area contributed by atoms with Crippen LogP contribution < -0.4 is 5.73 Å². The van der Waals surface area contributed by atoms with E-state index >= 15 is 0 Å². The van der Waals surface area contributed by atoms with E-state index in [1.165, 1.54) is 11.3 Å². The lowest BCUT2D eigenvalue weighted by atomic mass is 10.1. The summed E-state index contributed by atoms with van der Waals surface area (Å²) in [6, 6.07) is 3.08. The zero-order valence-corrected chi connectivity index (χ0v) is 12.6. The number of thiophene rings is 1. The topological polar surface area (TPSA) is 29.3 Å². The monoisotopic (exact) mass is 304 g/mol. The van der Waals surface area contributed by atoms with Gasteiger partial charge < -0.3 is 5.73 Å². The Labute approximate surface area is 111 Å². The van der Waals surface area contributed by atoms with Crippen LogP contribution in [0.2, 0.25) is 0 Å². The van der Waals surface area contributed by atoms with Crippen LogP contribution in [0.4, 0.5) is 0 Å². The van der Waals surface area contributed by atoms with E-state index in [1.54, 1.807) is 11.3 Å². The van der Waals surface area contributed by atoms with Gasteiger partial charge in [0, 0.05) is 27.3 Å². The average molecular weight is 305 g/mol. The van der Waals surface area contributed by atoms with Gasteiger partial charge in [-0.15, -0.1) is 11.3 Å². The van der Waals surface area contributed by atoms with E-state index in [1.807, 2.05) is 0 Å². The highest BCUT2D eigenvalue weighted by molar-refractivity contribution is 9.10. The summed E-state index contributed by atoms with van der Waals surface area (Å²) >= 11 is 5.29. The third kappa shape index (κ3) is 3.55. The molecule has 0 bridgehead atoms. The van der Waals surface area contributed by atoms with Crippen molar-refractivity contribution < 1.29 is 0 Å². The summed E-state index contributed by atoms with van der Waals surface area (Å²) in [6.07, 6.45) is 1.17. The van der Waals surface area contributed by atoms with Crippen molar-refractivity contribution in [2.45, 2.75) is 39.3 Å². The summed E-state index contributed by atoms with van der Waals surface area (Å²) in [7, 11) is 0. The third-order valence-corrected chi connectivity index (χ3v) is 4.48. The number of halogens is 1. The van der Waals surface area contributed by atoms with E-state index in [2.05, 4.69) is 53.0 Å². The van der Waals surface area contributed by atoms with E-state index in [0.717, 1.165) is 11.0 Å². The predicted octanol–water partition coefficient (Wildman–Crippen LogP) is 3.63. The van der Waals surface area contributed by atoms with E-state index in [0.29, 0.717) is 18.6 Å². The van der Waals surface area contributed by atoms with Crippen molar-refractivity contribution in [1.29, 1.82) is 0 Å². The van der Waals surface area contributed by atoms with Crippen LogP contribution in [0.5, 0.6) is 0 Å². The summed E-state index contributed by atoms with van der Waals surface area (Å²) in [6.45, 7) is 8.48. The Kier molecular flexibility index (Phi) is 5.97. The van der Waals surface area contributed by atoms with Gasteiger partial charge in [0.05, 0.1) is 6.04 Å². The smallest absolute Gasteiger partial charge is 0.0566 e. The summed E-state index contributed by atoms with van der Waals surface area (Å²) in [5.41, 5.74) is 5.93. The molecule has 1 aromatic heterocycles. The lowest BCUT2D eigenvalue weighted by Crippen LogP contribution is -2.38. The number of nitrogens with two attached hydrogens (primary N) is 1. The molecule has 1 atom stereocenters. The highest BCUT2D eigenvalue weighted by atomic mass is 79.9. The van der Waals surface area contributed by atoms with Crippen LogP contribution in [-0.4, -0.2) is 24.0 Å². The highest BCUT2D eigenvalue weighted by Gasteiger charge is 2.22. The van der Waals surface area contributed by atoms with E-state index in [-0.39, 0.29) is 0 Å². The molecule has 0 fully saturated rings. The molecule has 1 unspecified atom stereocenters. The molecule has 1 heterocycles. The Balaban J connectivity index is 2.85. The van der Waals surface area contributed by atoms with Gasteiger partial charge in [-0.25, -0.2) is 0 Å². The van der Waals surface area contributed by atoms with Crippen molar-refractivity contribution in [3.63, 3.8) is 0 Å². The summed E-state index contributed by atoms with van der Waals surface area (Å²) < 4.78 is 1.16. The second kappa shape index (κ2) is 6.74. The predicted molar refractivity (Wildman–Crippen MR) is 75.9 cm³/mol. The third-order valence-electron chi connectivity index (χ3n) is 2.68. The first kappa shape index (κ1) is 14.2. The molecular weight excluding hydrogens is 284 g/mol. The molecule has 1 rings (SSSR count). The standard InChI is InChI=1S/C12H21BrN2S/c1-4-5-15(9(2)3)11(7-14)12-6-10(13)8-16-12/h6,8-9,11H,4-5,7,14H2,1-3H3. The minimum absolute atomic E-state index is 0.358. The van der Waals surface area contributed by atoms with E-state index < -0.39 is 0 Å². The molecule has 0 aliphatic rings. The van der Waals surface area contributed by atoms with Gasteiger partial charge in [0.1, 0.15) is 0 Å². The van der Waals surface area contributed by atoms with Crippen LogP contribution >= 0.6 is 27.3 Å². The van der Waals surface area contributed by atoms with E-state index in [4.69, 9.17) is 5.73 Å². The zero-order valence-electron chi connectivity index (χ0n) is 10.2. The fraction of sp³-hybridized carbons (Fsp3) is 0.667. The van der Waals surface area contributed by atoms with Gasteiger partial charge in [0.15, 0.2) is 0 Å². The Morgan fingerprint density at radius 1 is 1.50 bits per heavy atom. The molecule has 2 N–H and O–H groups in total. The van der Waals surface area contributed by atoms with E-state index in [9.17, 15) is 0 Å². The molecule has 0 saturated carbocycles. The van der Waals surface area contributed by atoms with Crippen molar-refractivity contribution in [3.05, 3.63) is 20.8 Å². The van der Waals surface area contributed by atoms with Crippen LogP contribution in [0.3, 0.4) is 0 Å². The second-order valence-electron chi connectivity index (χ2n) is 4.25. The normalized spacial score (nSPS) is 13.7. The minimum Gasteiger partial charge on any atom is -0.329 e. The van der Waals surface area contributed by atoms with Crippen LogP contribution in [0.15, 0.2) is 15.9 Å². The molecule has 0 radical (unpaired) electrons. The van der Waals surface area contributed by atoms with Crippen molar-refractivity contribution >= 4 is 27.3 Å². The van der Waals surface area contributed by atoms with Crippen molar-refractivity contribution in [3.8, 4) is 0 Å². The van der Waals surface area contributed by atoms with Gasteiger partial charge >= 0.3 is 0 Å².